The second-order valence-corrected chi connectivity index (χ2v) is 7.86. The maximum absolute atomic E-state index is 12.5. The number of likely N-dealkylation sites (N-methyl/N-ethyl adjacent to an activating group) is 1. The van der Waals surface area contributed by atoms with Crippen LogP contribution in [0.1, 0.15) is 20.6 Å². The molecule has 0 saturated carbocycles. The van der Waals surface area contributed by atoms with E-state index in [2.05, 4.69) is 21.7 Å². The summed E-state index contributed by atoms with van der Waals surface area (Å²) in [6, 6.07) is 12.1. The first-order valence-corrected chi connectivity index (χ1v) is 9.30. The molecule has 0 aliphatic rings. The van der Waals surface area contributed by atoms with Crippen LogP contribution in [-0.4, -0.2) is 31.4 Å². The Balaban J connectivity index is 1.76. The summed E-state index contributed by atoms with van der Waals surface area (Å²) in [6.07, 6.45) is 0. The van der Waals surface area contributed by atoms with E-state index in [-0.39, 0.29) is 11.9 Å². The summed E-state index contributed by atoms with van der Waals surface area (Å²) in [7, 11) is 4.03. The number of amides is 1. The number of nitrogens with zero attached hydrogens (tertiary/aromatic N) is 1. The van der Waals surface area contributed by atoms with Crippen molar-refractivity contribution in [1.82, 2.24) is 10.2 Å². The van der Waals surface area contributed by atoms with Gasteiger partial charge in [-0.05, 0) is 31.6 Å². The minimum Gasteiger partial charge on any atom is -0.349 e. The van der Waals surface area contributed by atoms with Gasteiger partial charge in [0.1, 0.15) is 4.88 Å². The second-order valence-electron chi connectivity index (χ2n) is 5.45. The fourth-order valence-corrected chi connectivity index (χ4v) is 4.80. The van der Waals surface area contributed by atoms with E-state index in [1.54, 1.807) is 11.3 Å². The molecular formula is C17H17ClN2OS2. The van der Waals surface area contributed by atoms with Crippen molar-refractivity contribution in [2.75, 3.05) is 20.6 Å². The van der Waals surface area contributed by atoms with Gasteiger partial charge in [-0.15, -0.1) is 22.7 Å². The van der Waals surface area contributed by atoms with E-state index in [4.69, 9.17) is 11.6 Å². The minimum absolute atomic E-state index is 0.111. The summed E-state index contributed by atoms with van der Waals surface area (Å²) in [6.45, 7) is 0.553. The highest BCUT2D eigenvalue weighted by atomic mass is 35.5. The summed E-state index contributed by atoms with van der Waals surface area (Å²) in [4.78, 5) is 16.5. The zero-order valence-electron chi connectivity index (χ0n) is 12.9. The van der Waals surface area contributed by atoms with Gasteiger partial charge in [0.25, 0.3) is 5.91 Å². The highest BCUT2D eigenvalue weighted by Gasteiger charge is 2.20. The molecule has 0 unspecified atom stereocenters. The monoisotopic (exact) mass is 364 g/mol. The molecule has 23 heavy (non-hydrogen) atoms. The molecule has 0 bridgehead atoms. The van der Waals surface area contributed by atoms with E-state index in [1.807, 2.05) is 44.4 Å². The first kappa shape index (κ1) is 16.5. The van der Waals surface area contributed by atoms with E-state index in [9.17, 15) is 4.79 Å². The lowest BCUT2D eigenvalue weighted by molar-refractivity contribution is 0.0946. The van der Waals surface area contributed by atoms with Gasteiger partial charge >= 0.3 is 0 Å². The Bertz CT molecular complexity index is 811. The third kappa shape index (κ3) is 3.43. The molecular weight excluding hydrogens is 348 g/mol. The van der Waals surface area contributed by atoms with Crippen LogP contribution in [0.3, 0.4) is 0 Å². The number of hydrogen-bond donors (Lipinski definition) is 1. The average molecular weight is 365 g/mol. The Morgan fingerprint density at radius 3 is 2.70 bits per heavy atom. The van der Waals surface area contributed by atoms with E-state index in [1.165, 1.54) is 16.2 Å². The normalized spacial score (nSPS) is 12.7. The number of thiophene rings is 2. The second kappa shape index (κ2) is 7.01. The van der Waals surface area contributed by atoms with Crippen LogP contribution < -0.4 is 5.32 Å². The van der Waals surface area contributed by atoms with Crippen LogP contribution in [0.2, 0.25) is 5.02 Å². The quantitative estimate of drug-likeness (QED) is 0.714. The molecule has 3 nitrogen and oxygen atoms in total. The molecule has 0 fully saturated rings. The van der Waals surface area contributed by atoms with Crippen LogP contribution in [-0.2, 0) is 0 Å². The molecule has 0 radical (unpaired) electrons. The van der Waals surface area contributed by atoms with Crippen molar-refractivity contribution in [2.45, 2.75) is 6.04 Å². The van der Waals surface area contributed by atoms with E-state index < -0.39 is 0 Å². The van der Waals surface area contributed by atoms with Crippen molar-refractivity contribution in [3.05, 3.63) is 56.6 Å². The zero-order chi connectivity index (χ0) is 16.4. The van der Waals surface area contributed by atoms with Crippen LogP contribution in [0.15, 0.2) is 41.8 Å². The van der Waals surface area contributed by atoms with Gasteiger partial charge in [-0.1, -0.05) is 35.9 Å². The number of hydrogen-bond acceptors (Lipinski definition) is 4. The SMILES string of the molecule is CN(C)[C@@H](CNC(=O)c1sc2ccccc2c1Cl)c1cccs1. The van der Waals surface area contributed by atoms with Gasteiger partial charge in [-0.3, -0.25) is 4.79 Å². The van der Waals surface area contributed by atoms with Crippen molar-refractivity contribution in [1.29, 1.82) is 0 Å². The molecule has 0 spiro atoms. The lowest BCUT2D eigenvalue weighted by atomic mass is 10.2. The van der Waals surface area contributed by atoms with Crippen LogP contribution in [0.5, 0.6) is 0 Å². The highest BCUT2D eigenvalue weighted by Crippen LogP contribution is 2.35. The third-order valence-corrected chi connectivity index (χ3v) is 6.34. The van der Waals surface area contributed by atoms with Gasteiger partial charge in [-0.2, -0.15) is 0 Å². The number of fused-ring (bicyclic) bond motifs is 1. The number of rotatable bonds is 5. The Labute approximate surface area is 148 Å². The Kier molecular flexibility index (Phi) is 5.02. The van der Waals surface area contributed by atoms with Crippen LogP contribution in [0.25, 0.3) is 10.1 Å². The fourth-order valence-electron chi connectivity index (χ4n) is 2.45. The molecule has 3 aromatic rings. The molecule has 0 aliphatic heterocycles. The molecule has 2 aromatic heterocycles. The number of benzene rings is 1. The van der Waals surface area contributed by atoms with Crippen molar-refractivity contribution < 1.29 is 4.79 Å². The smallest absolute Gasteiger partial charge is 0.262 e. The van der Waals surface area contributed by atoms with E-state index in [0.29, 0.717) is 16.4 Å². The molecule has 1 aromatic carbocycles. The summed E-state index contributed by atoms with van der Waals surface area (Å²) in [5, 5.41) is 6.55. The van der Waals surface area contributed by atoms with Gasteiger partial charge in [-0.25, -0.2) is 0 Å². The third-order valence-electron chi connectivity index (χ3n) is 3.69. The molecule has 1 amide bonds. The van der Waals surface area contributed by atoms with Crippen molar-refractivity contribution in [3.8, 4) is 0 Å². The molecule has 6 heteroatoms. The summed E-state index contributed by atoms with van der Waals surface area (Å²) in [5.74, 6) is -0.111. The molecule has 0 aliphatic carbocycles. The molecule has 120 valence electrons. The average Bonchev–Trinajstić information content (AvgIpc) is 3.16. The maximum Gasteiger partial charge on any atom is 0.262 e. The largest absolute Gasteiger partial charge is 0.349 e. The van der Waals surface area contributed by atoms with Crippen LogP contribution in [0, 0.1) is 0 Å². The first-order chi connectivity index (χ1) is 11.1. The Morgan fingerprint density at radius 1 is 1.26 bits per heavy atom. The van der Waals surface area contributed by atoms with Crippen molar-refractivity contribution in [2.24, 2.45) is 0 Å². The number of carbonyl (C=O) groups is 1. The number of carbonyl (C=O) groups excluding carboxylic acids is 1. The predicted octanol–water partition coefficient (Wildman–Crippen LogP) is 4.65. The number of halogens is 1. The van der Waals surface area contributed by atoms with E-state index >= 15 is 0 Å². The van der Waals surface area contributed by atoms with E-state index in [0.717, 1.165) is 10.1 Å². The lowest BCUT2D eigenvalue weighted by Gasteiger charge is -2.23. The van der Waals surface area contributed by atoms with Gasteiger partial charge in [0.2, 0.25) is 0 Å². The molecule has 2 heterocycles. The number of nitrogens with one attached hydrogen (secondary N) is 1. The van der Waals surface area contributed by atoms with Gasteiger partial charge in [0, 0.05) is 21.5 Å². The summed E-state index contributed by atoms with van der Waals surface area (Å²) < 4.78 is 1.03. The lowest BCUT2D eigenvalue weighted by Crippen LogP contribution is -2.33. The zero-order valence-corrected chi connectivity index (χ0v) is 15.3. The minimum atomic E-state index is -0.111. The standard InChI is InChI=1S/C17H17ClN2OS2/c1-20(2)12(14-8-5-9-22-14)10-19-17(21)16-15(18)11-6-3-4-7-13(11)23-16/h3-9,12H,10H2,1-2H3,(H,19,21)/t12-/m0/s1. The van der Waals surface area contributed by atoms with Crippen LogP contribution in [0.4, 0.5) is 0 Å². The highest BCUT2D eigenvalue weighted by molar-refractivity contribution is 7.21. The summed E-state index contributed by atoms with van der Waals surface area (Å²) in [5.41, 5.74) is 0. The maximum atomic E-state index is 12.5. The molecule has 1 N–H and O–H groups in total. The molecule has 0 saturated heterocycles. The Hall–Kier alpha value is -1.40. The molecule has 1 atom stereocenters. The van der Waals surface area contributed by atoms with Crippen LogP contribution >= 0.6 is 34.3 Å². The molecule has 3 rings (SSSR count). The van der Waals surface area contributed by atoms with Crippen molar-refractivity contribution in [3.63, 3.8) is 0 Å². The Morgan fingerprint density at radius 2 is 2.04 bits per heavy atom. The summed E-state index contributed by atoms with van der Waals surface area (Å²) >= 11 is 9.50. The predicted molar refractivity (Wildman–Crippen MR) is 99.9 cm³/mol. The first-order valence-electron chi connectivity index (χ1n) is 7.23. The van der Waals surface area contributed by atoms with Gasteiger partial charge < -0.3 is 10.2 Å². The van der Waals surface area contributed by atoms with Gasteiger partial charge in [0.15, 0.2) is 0 Å². The topological polar surface area (TPSA) is 32.3 Å². The van der Waals surface area contributed by atoms with Crippen molar-refractivity contribution >= 4 is 50.3 Å². The van der Waals surface area contributed by atoms with Gasteiger partial charge in [0.05, 0.1) is 11.1 Å². The fraction of sp³-hybridized carbons (Fsp3) is 0.235.